The second-order valence-corrected chi connectivity index (χ2v) is 11.0. The van der Waals surface area contributed by atoms with Gasteiger partial charge in [-0.2, -0.15) is 0 Å². The highest BCUT2D eigenvalue weighted by molar-refractivity contribution is 8.26. The van der Waals surface area contributed by atoms with Gasteiger partial charge in [0, 0.05) is 38.2 Å². The summed E-state index contributed by atoms with van der Waals surface area (Å²) in [4.78, 5) is 38.0. The maximum Gasteiger partial charge on any atom is 0.267 e. The first kappa shape index (κ1) is 27.1. The van der Waals surface area contributed by atoms with Crippen LogP contribution in [0.15, 0.2) is 46.8 Å². The van der Waals surface area contributed by atoms with E-state index in [0.29, 0.717) is 45.3 Å². The number of hydrogen-bond donors (Lipinski definition) is 1. The maximum atomic E-state index is 13.6. The Morgan fingerprint density at radius 3 is 2.78 bits per heavy atom. The lowest BCUT2D eigenvalue weighted by Gasteiger charge is -2.21. The van der Waals surface area contributed by atoms with E-state index < -0.39 is 0 Å². The fourth-order valence-electron chi connectivity index (χ4n) is 4.43. The number of aromatic nitrogens is 4. The lowest BCUT2D eigenvalue weighted by molar-refractivity contribution is -0.122. The van der Waals surface area contributed by atoms with Crippen molar-refractivity contribution < 1.29 is 4.79 Å². The van der Waals surface area contributed by atoms with Gasteiger partial charge in [0.25, 0.3) is 11.5 Å². The number of nitrogens with one attached hydrogen (secondary N) is 1. The predicted molar refractivity (Wildman–Crippen MR) is 155 cm³/mol. The van der Waals surface area contributed by atoms with E-state index in [1.807, 2.05) is 29.8 Å². The van der Waals surface area contributed by atoms with Gasteiger partial charge in [-0.05, 0) is 43.4 Å². The first-order valence-corrected chi connectivity index (χ1v) is 14.1. The van der Waals surface area contributed by atoms with E-state index in [0.717, 1.165) is 44.2 Å². The lowest BCUT2D eigenvalue weighted by Crippen LogP contribution is -2.33. The molecule has 10 heteroatoms. The Bertz CT molecular complexity index is 1350. The molecule has 0 aromatic carbocycles. The molecule has 1 aliphatic rings. The molecule has 8 nitrogen and oxygen atoms in total. The number of hydrogen-bond acceptors (Lipinski definition) is 7. The number of fused-ring (bicyclic) bond motifs is 1. The molecule has 1 aliphatic heterocycles. The first-order valence-electron chi connectivity index (χ1n) is 12.9. The zero-order valence-electron chi connectivity index (χ0n) is 21.6. The normalized spacial score (nSPS) is 15.8. The summed E-state index contributed by atoms with van der Waals surface area (Å²) in [7, 11) is 0. The summed E-state index contributed by atoms with van der Waals surface area (Å²) < 4.78 is 4.09. The Hall–Kier alpha value is -2.98. The van der Waals surface area contributed by atoms with Gasteiger partial charge in [-0.3, -0.25) is 18.9 Å². The Balaban J connectivity index is 1.62. The summed E-state index contributed by atoms with van der Waals surface area (Å²) in [6.07, 6.45) is 14.0. The molecular weight excluding hydrogens is 504 g/mol. The molecule has 196 valence electrons. The topological polar surface area (TPSA) is 84.5 Å². The maximum absolute atomic E-state index is 13.6. The highest BCUT2D eigenvalue weighted by atomic mass is 32.2. The van der Waals surface area contributed by atoms with Gasteiger partial charge in [0.2, 0.25) is 0 Å². The summed E-state index contributed by atoms with van der Waals surface area (Å²) in [6, 6.07) is 3.76. The van der Waals surface area contributed by atoms with Gasteiger partial charge < -0.3 is 9.88 Å². The van der Waals surface area contributed by atoms with Crippen molar-refractivity contribution in [3.8, 4) is 0 Å². The van der Waals surface area contributed by atoms with Crippen LogP contribution in [0.1, 0.15) is 57.1 Å². The van der Waals surface area contributed by atoms with Gasteiger partial charge in [0.1, 0.15) is 15.8 Å². The van der Waals surface area contributed by atoms with Crippen molar-refractivity contribution in [1.82, 2.24) is 23.8 Å². The SMILES string of the molecule is CCCC[C@@H](CC)CN1C(=O)/C(=C/c2c(NCCCn3ccnc3)nc3c(C)cccn3c2=O)SC1=S. The van der Waals surface area contributed by atoms with Gasteiger partial charge in [0.15, 0.2) is 0 Å². The molecule has 0 bridgehead atoms. The Kier molecular flexibility index (Phi) is 9.15. The molecule has 1 amide bonds. The van der Waals surface area contributed by atoms with Crippen molar-refractivity contribution in [2.45, 2.75) is 59.4 Å². The van der Waals surface area contributed by atoms with Crippen molar-refractivity contribution in [2.24, 2.45) is 5.92 Å². The summed E-state index contributed by atoms with van der Waals surface area (Å²) in [5, 5.41) is 3.34. The average Bonchev–Trinajstić information content (AvgIpc) is 3.50. The molecule has 4 rings (SSSR count). The molecule has 4 heterocycles. The number of aryl methyl sites for hydroxylation is 2. The third-order valence-corrected chi connectivity index (χ3v) is 8.04. The highest BCUT2D eigenvalue weighted by Gasteiger charge is 2.33. The number of thiocarbonyl (C=S) groups is 1. The van der Waals surface area contributed by atoms with Crippen LogP contribution in [0.2, 0.25) is 0 Å². The number of thioether (sulfide) groups is 1. The van der Waals surface area contributed by atoms with E-state index in [2.05, 4.69) is 24.1 Å². The Labute approximate surface area is 227 Å². The molecule has 37 heavy (non-hydrogen) atoms. The second kappa shape index (κ2) is 12.5. The standard InChI is InChI=1S/C27H34N6O2S2/c1-4-6-10-20(5-2)17-33-26(35)22(37-27(33)36)16-21-23(29-11-8-13-31-15-12-28-18-31)30-24-19(3)9-7-14-32(24)25(21)34/h7,9,12,14-16,18,20,29H,4-6,8,10-11,13,17H2,1-3H3/b22-16-/t20-/m1/s1. The van der Waals surface area contributed by atoms with Crippen LogP contribution in [0.25, 0.3) is 11.7 Å². The summed E-state index contributed by atoms with van der Waals surface area (Å²) in [5.74, 6) is 0.750. The van der Waals surface area contributed by atoms with Gasteiger partial charge in [-0.1, -0.05) is 63.2 Å². The quantitative estimate of drug-likeness (QED) is 0.195. The number of carbonyl (C=O) groups is 1. The van der Waals surface area contributed by atoms with Gasteiger partial charge in [0.05, 0.1) is 16.8 Å². The molecular formula is C27H34N6O2S2. The third-order valence-electron chi connectivity index (χ3n) is 6.66. The minimum Gasteiger partial charge on any atom is -0.369 e. The van der Waals surface area contributed by atoms with E-state index in [1.54, 1.807) is 29.7 Å². The molecule has 1 atom stereocenters. The van der Waals surface area contributed by atoms with Gasteiger partial charge >= 0.3 is 0 Å². The van der Waals surface area contributed by atoms with E-state index in [4.69, 9.17) is 17.2 Å². The van der Waals surface area contributed by atoms with Gasteiger partial charge in [-0.25, -0.2) is 9.97 Å². The number of anilines is 1. The van der Waals surface area contributed by atoms with Crippen molar-refractivity contribution >= 4 is 51.7 Å². The smallest absolute Gasteiger partial charge is 0.267 e. The Morgan fingerprint density at radius 1 is 1.22 bits per heavy atom. The largest absolute Gasteiger partial charge is 0.369 e. The molecule has 0 aliphatic carbocycles. The minimum absolute atomic E-state index is 0.134. The third kappa shape index (κ3) is 6.30. The van der Waals surface area contributed by atoms with Crippen molar-refractivity contribution in [3.05, 3.63) is 63.4 Å². The number of unbranched alkanes of at least 4 members (excludes halogenated alkanes) is 1. The van der Waals surface area contributed by atoms with Crippen molar-refractivity contribution in [3.63, 3.8) is 0 Å². The molecule has 1 fully saturated rings. The monoisotopic (exact) mass is 538 g/mol. The molecule has 0 unspecified atom stereocenters. The molecule has 0 radical (unpaired) electrons. The molecule has 3 aromatic rings. The van der Waals surface area contributed by atoms with Gasteiger partial charge in [-0.15, -0.1) is 0 Å². The fourth-order valence-corrected chi connectivity index (χ4v) is 5.68. The fraction of sp³-hybridized carbons (Fsp3) is 0.444. The van der Waals surface area contributed by atoms with Crippen LogP contribution in [0.3, 0.4) is 0 Å². The zero-order chi connectivity index (χ0) is 26.4. The van der Waals surface area contributed by atoms with Crippen LogP contribution in [0.4, 0.5) is 5.82 Å². The second-order valence-electron chi connectivity index (χ2n) is 9.35. The van der Waals surface area contributed by atoms with Crippen LogP contribution < -0.4 is 10.9 Å². The van der Waals surface area contributed by atoms with E-state index in [-0.39, 0.29) is 11.5 Å². The van der Waals surface area contributed by atoms with Crippen LogP contribution >= 0.6 is 24.0 Å². The van der Waals surface area contributed by atoms with E-state index >= 15 is 0 Å². The minimum atomic E-state index is -0.217. The number of rotatable bonds is 12. The summed E-state index contributed by atoms with van der Waals surface area (Å²) in [6.45, 7) is 8.29. The van der Waals surface area contributed by atoms with Crippen molar-refractivity contribution in [1.29, 1.82) is 0 Å². The summed E-state index contributed by atoms with van der Waals surface area (Å²) >= 11 is 6.84. The number of pyridine rings is 1. The van der Waals surface area contributed by atoms with Crippen LogP contribution in [0.5, 0.6) is 0 Å². The Morgan fingerprint density at radius 2 is 2.05 bits per heavy atom. The zero-order valence-corrected chi connectivity index (χ0v) is 23.3. The molecule has 1 saturated heterocycles. The predicted octanol–water partition coefficient (Wildman–Crippen LogP) is 5.12. The number of carbonyl (C=O) groups excluding carboxylic acids is 1. The first-order chi connectivity index (χ1) is 17.9. The van der Waals surface area contributed by atoms with Crippen LogP contribution in [0, 0.1) is 12.8 Å². The molecule has 3 aromatic heterocycles. The van der Waals surface area contributed by atoms with E-state index in [1.165, 1.54) is 16.2 Å². The van der Waals surface area contributed by atoms with Crippen molar-refractivity contribution in [2.75, 3.05) is 18.4 Å². The average molecular weight is 539 g/mol. The lowest BCUT2D eigenvalue weighted by atomic mass is 9.99. The molecule has 0 spiro atoms. The van der Waals surface area contributed by atoms with Crippen LogP contribution in [-0.4, -0.2) is 47.2 Å². The number of nitrogens with zero attached hydrogens (tertiary/aromatic N) is 5. The van der Waals surface area contributed by atoms with Crippen LogP contribution in [-0.2, 0) is 11.3 Å². The molecule has 1 N–H and O–H groups in total. The summed E-state index contributed by atoms with van der Waals surface area (Å²) in [5.41, 5.74) is 1.64. The number of imidazole rings is 1. The van der Waals surface area contributed by atoms with E-state index in [9.17, 15) is 9.59 Å². The molecule has 0 saturated carbocycles. The number of amides is 1. The highest BCUT2D eigenvalue weighted by Crippen LogP contribution is 2.34.